The Labute approximate surface area is 96.1 Å². The van der Waals surface area contributed by atoms with Gasteiger partial charge in [0.2, 0.25) is 0 Å². The molecule has 1 aliphatic rings. The van der Waals surface area contributed by atoms with E-state index in [1.165, 1.54) is 35.6 Å². The van der Waals surface area contributed by atoms with Gasteiger partial charge in [0.15, 0.2) is 0 Å². The van der Waals surface area contributed by atoms with Gasteiger partial charge < -0.3 is 5.32 Å². The summed E-state index contributed by atoms with van der Waals surface area (Å²) in [6.07, 6.45) is 7.54. The zero-order valence-electron chi connectivity index (χ0n) is 9.62. The molecule has 0 saturated heterocycles. The van der Waals surface area contributed by atoms with Gasteiger partial charge in [-0.25, -0.2) is 4.98 Å². The summed E-state index contributed by atoms with van der Waals surface area (Å²) in [5.41, 5.74) is 0. The molecule has 2 unspecified atom stereocenters. The quantitative estimate of drug-likeness (QED) is 0.853. The molecule has 1 aliphatic carbocycles. The van der Waals surface area contributed by atoms with Crippen LogP contribution in [0.3, 0.4) is 0 Å². The molecule has 0 aromatic carbocycles. The first-order valence-electron chi connectivity index (χ1n) is 5.90. The minimum absolute atomic E-state index is 0.723. The molecule has 2 rings (SSSR count). The van der Waals surface area contributed by atoms with Crippen molar-refractivity contribution in [1.29, 1.82) is 0 Å². The van der Waals surface area contributed by atoms with Crippen LogP contribution in [0.5, 0.6) is 0 Å². The predicted octanol–water partition coefficient (Wildman–Crippen LogP) is 3.12. The van der Waals surface area contributed by atoms with E-state index in [2.05, 4.69) is 24.1 Å². The molecular formula is C12H20N2S. The van der Waals surface area contributed by atoms with Gasteiger partial charge in [-0.2, -0.15) is 0 Å². The van der Waals surface area contributed by atoms with Gasteiger partial charge in [-0.1, -0.05) is 19.8 Å². The number of aryl methyl sites for hydroxylation is 1. The first-order valence-corrected chi connectivity index (χ1v) is 6.72. The molecule has 1 N–H and O–H groups in total. The molecule has 2 atom stereocenters. The van der Waals surface area contributed by atoms with Crippen LogP contribution in [-0.4, -0.2) is 11.0 Å². The van der Waals surface area contributed by atoms with Crippen molar-refractivity contribution in [2.75, 3.05) is 0 Å². The summed E-state index contributed by atoms with van der Waals surface area (Å²) in [5, 5.41) is 4.84. The molecule has 0 amide bonds. The lowest BCUT2D eigenvalue weighted by Gasteiger charge is -2.29. The van der Waals surface area contributed by atoms with Crippen molar-refractivity contribution in [2.24, 2.45) is 5.92 Å². The number of nitrogens with zero attached hydrogens (tertiary/aromatic N) is 1. The molecule has 84 valence electrons. The van der Waals surface area contributed by atoms with Gasteiger partial charge >= 0.3 is 0 Å². The van der Waals surface area contributed by atoms with E-state index in [1.54, 1.807) is 11.3 Å². The number of aromatic nitrogens is 1. The molecule has 15 heavy (non-hydrogen) atoms. The molecule has 0 aliphatic heterocycles. The summed E-state index contributed by atoms with van der Waals surface area (Å²) in [5.74, 6) is 0.841. The van der Waals surface area contributed by atoms with Crippen LogP contribution in [0.25, 0.3) is 0 Å². The number of rotatable bonds is 3. The lowest BCUT2D eigenvalue weighted by atomic mass is 9.86. The summed E-state index contributed by atoms with van der Waals surface area (Å²) in [6.45, 7) is 5.44. The summed E-state index contributed by atoms with van der Waals surface area (Å²) < 4.78 is 0. The summed E-state index contributed by atoms with van der Waals surface area (Å²) in [4.78, 5) is 5.64. The average Bonchev–Trinajstić information content (AvgIpc) is 2.63. The number of hydrogen-bond donors (Lipinski definition) is 1. The highest BCUT2D eigenvalue weighted by molar-refractivity contribution is 7.11. The van der Waals surface area contributed by atoms with Crippen LogP contribution in [-0.2, 0) is 6.54 Å². The first kappa shape index (κ1) is 11.1. The summed E-state index contributed by atoms with van der Waals surface area (Å²) in [7, 11) is 0. The molecule has 3 heteroatoms. The van der Waals surface area contributed by atoms with E-state index in [-0.39, 0.29) is 0 Å². The van der Waals surface area contributed by atoms with Crippen LogP contribution in [0.2, 0.25) is 0 Å². The zero-order valence-corrected chi connectivity index (χ0v) is 10.4. The highest BCUT2D eigenvalue weighted by Crippen LogP contribution is 2.24. The maximum atomic E-state index is 4.28. The minimum atomic E-state index is 0.723. The third-order valence-electron chi connectivity index (χ3n) is 3.32. The van der Waals surface area contributed by atoms with E-state index < -0.39 is 0 Å². The van der Waals surface area contributed by atoms with Gasteiger partial charge in [0.1, 0.15) is 0 Å². The monoisotopic (exact) mass is 224 g/mol. The van der Waals surface area contributed by atoms with Crippen molar-refractivity contribution >= 4 is 11.3 Å². The minimum Gasteiger partial charge on any atom is -0.309 e. The normalized spacial score (nSPS) is 26.8. The van der Waals surface area contributed by atoms with Gasteiger partial charge in [-0.3, -0.25) is 0 Å². The molecule has 0 spiro atoms. The highest BCUT2D eigenvalue weighted by atomic mass is 32.1. The van der Waals surface area contributed by atoms with Crippen LogP contribution < -0.4 is 5.32 Å². The van der Waals surface area contributed by atoms with Crippen LogP contribution in [0, 0.1) is 12.8 Å². The number of nitrogens with one attached hydrogen (secondary N) is 1. The molecule has 1 heterocycles. The second-order valence-corrected chi connectivity index (χ2v) is 5.91. The van der Waals surface area contributed by atoms with Gasteiger partial charge in [0.25, 0.3) is 0 Å². The summed E-state index contributed by atoms with van der Waals surface area (Å²) in [6, 6.07) is 0.723. The fourth-order valence-corrected chi connectivity index (χ4v) is 3.08. The molecule has 1 aromatic heterocycles. The summed E-state index contributed by atoms with van der Waals surface area (Å²) >= 11 is 1.80. The Hall–Kier alpha value is -0.410. The van der Waals surface area contributed by atoms with Crippen molar-refractivity contribution in [2.45, 2.75) is 52.1 Å². The van der Waals surface area contributed by atoms with Crippen molar-refractivity contribution in [3.8, 4) is 0 Å². The molecule has 1 aromatic rings. The molecule has 0 radical (unpaired) electrons. The molecule has 0 bridgehead atoms. The van der Waals surface area contributed by atoms with Gasteiger partial charge in [0.05, 0.1) is 5.01 Å². The lowest BCUT2D eigenvalue weighted by molar-refractivity contribution is 0.280. The Bertz CT molecular complexity index is 308. The standard InChI is InChI=1S/C12H20N2S/c1-9-5-3-4-6-12(9)14-8-11-7-13-10(2)15-11/h7,9,12,14H,3-6,8H2,1-2H3. The van der Waals surface area contributed by atoms with Gasteiger partial charge in [0, 0.05) is 23.7 Å². The van der Waals surface area contributed by atoms with E-state index in [1.807, 2.05) is 6.20 Å². The van der Waals surface area contributed by atoms with Crippen molar-refractivity contribution in [3.63, 3.8) is 0 Å². The fraction of sp³-hybridized carbons (Fsp3) is 0.750. The average molecular weight is 224 g/mol. The molecular weight excluding hydrogens is 204 g/mol. The van der Waals surface area contributed by atoms with Crippen LogP contribution in [0.1, 0.15) is 42.5 Å². The smallest absolute Gasteiger partial charge is 0.0897 e. The Balaban J connectivity index is 1.81. The topological polar surface area (TPSA) is 24.9 Å². The van der Waals surface area contributed by atoms with Crippen molar-refractivity contribution < 1.29 is 0 Å². The van der Waals surface area contributed by atoms with E-state index >= 15 is 0 Å². The van der Waals surface area contributed by atoms with Crippen LogP contribution in [0.4, 0.5) is 0 Å². The SMILES string of the molecule is Cc1ncc(CNC2CCCCC2C)s1. The highest BCUT2D eigenvalue weighted by Gasteiger charge is 2.20. The van der Waals surface area contributed by atoms with E-state index in [0.29, 0.717) is 0 Å². The van der Waals surface area contributed by atoms with Gasteiger partial charge in [-0.15, -0.1) is 11.3 Å². The molecule has 1 fully saturated rings. The lowest BCUT2D eigenvalue weighted by Crippen LogP contribution is -2.36. The van der Waals surface area contributed by atoms with E-state index in [4.69, 9.17) is 0 Å². The fourth-order valence-electron chi connectivity index (χ4n) is 2.34. The molecule has 2 nitrogen and oxygen atoms in total. The first-order chi connectivity index (χ1) is 7.25. The maximum absolute atomic E-state index is 4.28. The van der Waals surface area contributed by atoms with Crippen molar-refractivity contribution in [1.82, 2.24) is 10.3 Å². The Kier molecular flexibility index (Phi) is 3.76. The largest absolute Gasteiger partial charge is 0.309 e. The van der Waals surface area contributed by atoms with Crippen LogP contribution in [0.15, 0.2) is 6.20 Å². The second kappa shape index (κ2) is 5.08. The predicted molar refractivity (Wildman–Crippen MR) is 65.1 cm³/mol. The number of thiazole rings is 1. The third-order valence-corrected chi connectivity index (χ3v) is 4.23. The maximum Gasteiger partial charge on any atom is 0.0897 e. The molecule has 1 saturated carbocycles. The Morgan fingerprint density at radius 2 is 2.27 bits per heavy atom. The van der Waals surface area contributed by atoms with E-state index in [9.17, 15) is 0 Å². The van der Waals surface area contributed by atoms with Crippen LogP contribution >= 0.6 is 11.3 Å². The Morgan fingerprint density at radius 3 is 2.93 bits per heavy atom. The second-order valence-electron chi connectivity index (χ2n) is 4.59. The van der Waals surface area contributed by atoms with E-state index in [0.717, 1.165) is 18.5 Å². The zero-order chi connectivity index (χ0) is 10.7. The Morgan fingerprint density at radius 1 is 1.47 bits per heavy atom. The van der Waals surface area contributed by atoms with Gasteiger partial charge in [-0.05, 0) is 25.7 Å². The number of hydrogen-bond acceptors (Lipinski definition) is 3. The van der Waals surface area contributed by atoms with Crippen molar-refractivity contribution in [3.05, 3.63) is 16.1 Å². The third kappa shape index (κ3) is 3.02.